The molecule has 3 heteroatoms. The molecule has 0 bridgehead atoms. The van der Waals surface area contributed by atoms with Crippen LogP contribution < -0.4 is 5.73 Å². The van der Waals surface area contributed by atoms with Crippen LogP contribution in [0, 0.1) is 0 Å². The number of nitrogens with two attached hydrogens (primary N) is 1. The molecule has 0 atom stereocenters. The summed E-state index contributed by atoms with van der Waals surface area (Å²) < 4.78 is 12.4. The first-order valence-corrected chi connectivity index (χ1v) is 2.96. The van der Waals surface area contributed by atoms with Crippen LogP contribution in [0.25, 0.3) is 0 Å². The highest BCUT2D eigenvalue weighted by Crippen LogP contribution is 2.14. The van der Waals surface area contributed by atoms with E-state index < -0.39 is 0 Å². The summed E-state index contributed by atoms with van der Waals surface area (Å²) in [6.07, 6.45) is 3.33. The molecular formula is C6H6FNS. The Bertz CT molecular complexity index is 205. The highest BCUT2D eigenvalue weighted by molar-refractivity contribution is 7.80. The predicted molar refractivity (Wildman–Crippen MR) is 38.7 cm³/mol. The van der Waals surface area contributed by atoms with Gasteiger partial charge in [-0.3, -0.25) is 0 Å². The third-order valence-corrected chi connectivity index (χ3v) is 1.37. The summed E-state index contributed by atoms with van der Waals surface area (Å²) in [5.41, 5.74) is 5.40. The van der Waals surface area contributed by atoms with Crippen LogP contribution in [-0.2, 0) is 0 Å². The lowest BCUT2D eigenvalue weighted by Crippen LogP contribution is -2.05. The number of hydrogen-bond donors (Lipinski definition) is 1. The molecule has 0 amide bonds. The van der Waals surface area contributed by atoms with Crippen molar-refractivity contribution in [2.24, 2.45) is 5.73 Å². The minimum atomic E-state index is -0.317. The highest BCUT2D eigenvalue weighted by atomic mass is 32.1. The molecule has 0 spiro atoms. The van der Waals surface area contributed by atoms with Crippen LogP contribution >= 0.6 is 12.2 Å². The van der Waals surface area contributed by atoms with Gasteiger partial charge in [0.05, 0.1) is 5.70 Å². The van der Waals surface area contributed by atoms with Crippen molar-refractivity contribution in [3.8, 4) is 0 Å². The lowest BCUT2D eigenvalue weighted by molar-refractivity contribution is 0.613. The van der Waals surface area contributed by atoms with Gasteiger partial charge in [0.25, 0.3) is 0 Å². The van der Waals surface area contributed by atoms with Gasteiger partial charge >= 0.3 is 0 Å². The second-order valence-electron chi connectivity index (χ2n) is 1.84. The summed E-state index contributed by atoms with van der Waals surface area (Å²) in [6, 6.07) is 0. The second kappa shape index (κ2) is 2.27. The lowest BCUT2D eigenvalue weighted by Gasteiger charge is -2.03. The minimum absolute atomic E-state index is 0.192. The summed E-state index contributed by atoms with van der Waals surface area (Å²) in [5.74, 6) is -0.317. The third kappa shape index (κ3) is 1.36. The maximum atomic E-state index is 12.4. The van der Waals surface area contributed by atoms with Gasteiger partial charge in [-0.05, 0) is 12.2 Å². The molecule has 1 aliphatic carbocycles. The molecule has 0 aromatic heterocycles. The van der Waals surface area contributed by atoms with E-state index in [1.165, 1.54) is 6.08 Å². The van der Waals surface area contributed by atoms with E-state index in [2.05, 4.69) is 0 Å². The van der Waals surface area contributed by atoms with Crippen molar-refractivity contribution >= 4 is 17.1 Å². The molecule has 0 saturated carbocycles. The molecule has 1 aliphatic rings. The average Bonchev–Trinajstić information content (AvgIpc) is 1.80. The van der Waals surface area contributed by atoms with Crippen LogP contribution in [0.2, 0.25) is 0 Å². The fourth-order valence-corrected chi connectivity index (χ4v) is 0.782. The largest absolute Gasteiger partial charge is 0.397 e. The standard InChI is InChI=1S/C6H6FNS/c7-5-3-4(9)1-2-6(5)8/h1-2H,3,8H2. The van der Waals surface area contributed by atoms with Crippen LogP contribution in [0.5, 0.6) is 0 Å². The lowest BCUT2D eigenvalue weighted by atomic mass is 10.1. The zero-order valence-electron chi connectivity index (χ0n) is 4.73. The molecule has 1 rings (SSSR count). The van der Waals surface area contributed by atoms with E-state index in [1.54, 1.807) is 6.08 Å². The molecule has 48 valence electrons. The number of thiocarbonyl (C=S) groups is 1. The average molecular weight is 143 g/mol. The van der Waals surface area contributed by atoms with Crippen molar-refractivity contribution in [3.05, 3.63) is 23.7 Å². The second-order valence-corrected chi connectivity index (χ2v) is 2.36. The Morgan fingerprint density at radius 3 is 2.67 bits per heavy atom. The van der Waals surface area contributed by atoms with Gasteiger partial charge in [-0.1, -0.05) is 12.2 Å². The van der Waals surface area contributed by atoms with Crippen LogP contribution in [0.15, 0.2) is 23.7 Å². The minimum Gasteiger partial charge on any atom is -0.397 e. The molecule has 9 heavy (non-hydrogen) atoms. The topological polar surface area (TPSA) is 26.0 Å². The van der Waals surface area contributed by atoms with E-state index in [0.717, 1.165) is 0 Å². The van der Waals surface area contributed by atoms with E-state index in [4.69, 9.17) is 18.0 Å². The van der Waals surface area contributed by atoms with Gasteiger partial charge in [0.2, 0.25) is 0 Å². The maximum absolute atomic E-state index is 12.4. The molecule has 1 nitrogen and oxygen atoms in total. The normalized spacial score (nSPS) is 19.0. The van der Waals surface area contributed by atoms with Crippen molar-refractivity contribution < 1.29 is 4.39 Å². The van der Waals surface area contributed by atoms with E-state index in [0.29, 0.717) is 4.86 Å². The monoisotopic (exact) mass is 143 g/mol. The van der Waals surface area contributed by atoms with E-state index in [1.807, 2.05) is 0 Å². The summed E-state index contributed by atoms with van der Waals surface area (Å²) in [4.78, 5) is 0.599. The van der Waals surface area contributed by atoms with E-state index in [9.17, 15) is 4.39 Å². The maximum Gasteiger partial charge on any atom is 0.128 e. The zero-order valence-corrected chi connectivity index (χ0v) is 5.54. The van der Waals surface area contributed by atoms with Gasteiger partial charge in [0.1, 0.15) is 5.83 Å². The Labute approximate surface area is 58.0 Å². The Morgan fingerprint density at radius 1 is 1.56 bits per heavy atom. The van der Waals surface area contributed by atoms with Crippen LogP contribution in [-0.4, -0.2) is 4.86 Å². The molecule has 0 unspecified atom stereocenters. The summed E-state index contributed by atoms with van der Waals surface area (Å²) in [6.45, 7) is 0. The SMILES string of the molecule is NC1=C(F)CC(=S)C=C1. The number of allylic oxidation sites excluding steroid dienone is 3. The Hall–Kier alpha value is -0.700. The molecule has 0 heterocycles. The summed E-state index contributed by atoms with van der Waals surface area (Å²) in [7, 11) is 0. The van der Waals surface area contributed by atoms with Gasteiger partial charge in [0.15, 0.2) is 0 Å². The molecule has 0 aromatic rings. The van der Waals surface area contributed by atoms with Gasteiger partial charge < -0.3 is 5.73 Å². The third-order valence-electron chi connectivity index (χ3n) is 1.09. The van der Waals surface area contributed by atoms with Crippen LogP contribution in [0.4, 0.5) is 4.39 Å². The summed E-state index contributed by atoms with van der Waals surface area (Å²) in [5, 5.41) is 0. The molecule has 0 saturated heterocycles. The molecular weight excluding hydrogens is 137 g/mol. The highest BCUT2D eigenvalue weighted by Gasteiger charge is 2.06. The van der Waals surface area contributed by atoms with Gasteiger partial charge in [-0.15, -0.1) is 0 Å². The van der Waals surface area contributed by atoms with Gasteiger partial charge in [-0.2, -0.15) is 0 Å². The Morgan fingerprint density at radius 2 is 2.22 bits per heavy atom. The number of hydrogen-bond acceptors (Lipinski definition) is 2. The quantitative estimate of drug-likeness (QED) is 0.519. The zero-order chi connectivity index (χ0) is 6.85. The molecule has 0 fully saturated rings. The van der Waals surface area contributed by atoms with E-state index in [-0.39, 0.29) is 17.9 Å². The first kappa shape index (κ1) is 6.42. The molecule has 0 aliphatic heterocycles. The fourth-order valence-electron chi connectivity index (χ4n) is 0.587. The van der Waals surface area contributed by atoms with Gasteiger partial charge in [-0.25, -0.2) is 4.39 Å². The van der Waals surface area contributed by atoms with E-state index >= 15 is 0 Å². The van der Waals surface area contributed by atoms with Crippen molar-refractivity contribution in [1.82, 2.24) is 0 Å². The Kier molecular flexibility index (Phi) is 1.62. The molecule has 2 N–H and O–H groups in total. The van der Waals surface area contributed by atoms with Crippen molar-refractivity contribution in [3.63, 3.8) is 0 Å². The van der Waals surface area contributed by atoms with Gasteiger partial charge in [0, 0.05) is 11.3 Å². The Balaban J connectivity index is 2.87. The smallest absolute Gasteiger partial charge is 0.128 e. The number of rotatable bonds is 0. The summed E-state index contributed by atoms with van der Waals surface area (Å²) >= 11 is 4.72. The van der Waals surface area contributed by atoms with Crippen LogP contribution in [0.3, 0.4) is 0 Å². The fraction of sp³-hybridized carbons (Fsp3) is 0.167. The van der Waals surface area contributed by atoms with Crippen LogP contribution in [0.1, 0.15) is 6.42 Å². The molecule has 0 aromatic carbocycles. The van der Waals surface area contributed by atoms with Crippen molar-refractivity contribution in [2.45, 2.75) is 6.42 Å². The molecule has 0 radical (unpaired) electrons. The predicted octanol–water partition coefficient (Wildman–Crippen LogP) is 1.46. The van der Waals surface area contributed by atoms with Crippen molar-refractivity contribution in [2.75, 3.05) is 0 Å². The first-order chi connectivity index (χ1) is 4.20. The number of halogens is 1. The first-order valence-electron chi connectivity index (χ1n) is 2.55. The van der Waals surface area contributed by atoms with Crippen molar-refractivity contribution in [1.29, 1.82) is 0 Å².